The van der Waals surface area contributed by atoms with E-state index in [4.69, 9.17) is 0 Å². The Bertz CT molecular complexity index is 811. The fourth-order valence-corrected chi connectivity index (χ4v) is 6.35. The first kappa shape index (κ1) is 19.2. The van der Waals surface area contributed by atoms with E-state index in [1.165, 1.54) is 28.4 Å². The summed E-state index contributed by atoms with van der Waals surface area (Å²) in [7, 11) is 0. The summed E-state index contributed by atoms with van der Waals surface area (Å²) in [4.78, 5) is 0. The number of hydrogen-bond donors (Lipinski definition) is 0. The number of allylic oxidation sites excluding steroid dienone is 13. The Labute approximate surface area is 178 Å². The highest BCUT2D eigenvalue weighted by Crippen LogP contribution is 2.60. The van der Waals surface area contributed by atoms with Gasteiger partial charge >= 0.3 is 0 Å². The van der Waals surface area contributed by atoms with E-state index in [9.17, 15) is 0 Å². The lowest BCUT2D eigenvalue weighted by Crippen LogP contribution is -2.27. The van der Waals surface area contributed by atoms with Gasteiger partial charge in [0.25, 0.3) is 0 Å². The van der Waals surface area contributed by atoms with E-state index < -0.39 is 0 Å². The van der Waals surface area contributed by atoms with Crippen LogP contribution in [0.25, 0.3) is 0 Å². The van der Waals surface area contributed by atoms with Gasteiger partial charge in [-0.15, -0.1) is 6.58 Å². The molecule has 27 heavy (non-hydrogen) atoms. The molecule has 0 saturated heterocycles. The third-order valence-corrected chi connectivity index (χ3v) is 8.15. The lowest BCUT2D eigenvalue weighted by atomic mass is 9.70. The average Bonchev–Trinajstić information content (AvgIpc) is 2.89. The normalized spacial score (nSPS) is 37.1. The molecule has 0 aromatic rings. The van der Waals surface area contributed by atoms with Crippen molar-refractivity contribution in [2.24, 2.45) is 35.0 Å². The van der Waals surface area contributed by atoms with Gasteiger partial charge in [0.2, 0.25) is 0 Å². The zero-order valence-electron chi connectivity index (χ0n) is 16.8. The minimum atomic E-state index is 0.318. The van der Waals surface area contributed by atoms with E-state index in [1.807, 2.05) is 0 Å². The van der Waals surface area contributed by atoms with Crippen molar-refractivity contribution in [3.8, 4) is 0 Å². The zero-order chi connectivity index (χ0) is 19.2. The SMILES string of the molecule is C=CC1CCC(C2=C[C@H]3C(C=C2)C2=CC=C(I)CC2C3(C)C)=CC1/C=C\C. The number of hydrogen-bond acceptors (Lipinski definition) is 0. The molecule has 0 radical (unpaired) electrons. The standard InChI is InChI=1S/C26H31I/c1-5-7-18-14-19(9-8-17(18)6-2)20-10-12-22-23-13-11-21(27)16-25(23)26(3,4)24(22)15-20/h5-7,10-15,17-18,22,24-25H,2,8-9,16H2,1,3-4H3/b7-5-/t17?,18?,22?,24-,25?/m0/s1. The van der Waals surface area contributed by atoms with Gasteiger partial charge in [-0.3, -0.25) is 0 Å². The third kappa shape index (κ3) is 3.30. The van der Waals surface area contributed by atoms with E-state index in [0.717, 1.165) is 0 Å². The van der Waals surface area contributed by atoms with Crippen molar-refractivity contribution in [1.82, 2.24) is 0 Å². The summed E-state index contributed by atoms with van der Waals surface area (Å²) in [5.41, 5.74) is 4.99. The van der Waals surface area contributed by atoms with Gasteiger partial charge < -0.3 is 0 Å². The molecule has 1 saturated carbocycles. The van der Waals surface area contributed by atoms with Crippen LogP contribution in [0.4, 0.5) is 0 Å². The lowest BCUT2D eigenvalue weighted by molar-refractivity contribution is 0.217. The van der Waals surface area contributed by atoms with Crippen LogP contribution in [0.2, 0.25) is 0 Å². The lowest BCUT2D eigenvalue weighted by Gasteiger charge is -2.35. The Morgan fingerprint density at radius 1 is 1.22 bits per heavy atom. The van der Waals surface area contributed by atoms with Crippen LogP contribution in [0, 0.1) is 35.0 Å². The second-order valence-electron chi connectivity index (χ2n) is 9.12. The van der Waals surface area contributed by atoms with Gasteiger partial charge in [-0.05, 0) is 86.7 Å². The van der Waals surface area contributed by atoms with Crippen molar-refractivity contribution in [3.05, 3.63) is 81.6 Å². The van der Waals surface area contributed by atoms with E-state index in [1.54, 1.807) is 11.1 Å². The largest absolute Gasteiger partial charge is 0.103 e. The minimum Gasteiger partial charge on any atom is -0.103 e. The molecular formula is C26H31I. The van der Waals surface area contributed by atoms with E-state index in [-0.39, 0.29) is 0 Å². The van der Waals surface area contributed by atoms with Crippen LogP contribution in [0.5, 0.6) is 0 Å². The van der Waals surface area contributed by atoms with Crippen LogP contribution in [0.15, 0.2) is 81.6 Å². The zero-order valence-corrected chi connectivity index (χ0v) is 18.9. The topological polar surface area (TPSA) is 0 Å². The first-order valence-corrected chi connectivity index (χ1v) is 11.5. The number of halogens is 1. The molecule has 5 atom stereocenters. The van der Waals surface area contributed by atoms with Crippen molar-refractivity contribution in [2.45, 2.75) is 40.0 Å². The van der Waals surface area contributed by atoms with Crippen LogP contribution in [0.1, 0.15) is 40.0 Å². The Kier molecular flexibility index (Phi) is 5.26. The quantitative estimate of drug-likeness (QED) is 0.292. The van der Waals surface area contributed by atoms with Crippen LogP contribution in [0.3, 0.4) is 0 Å². The Hall–Kier alpha value is -1.09. The summed E-state index contributed by atoms with van der Waals surface area (Å²) in [6.07, 6.45) is 25.1. The third-order valence-electron chi connectivity index (χ3n) is 7.35. The summed E-state index contributed by atoms with van der Waals surface area (Å²) in [5.74, 6) is 2.96. The molecule has 0 bridgehead atoms. The smallest absolute Gasteiger partial charge is 0.00548 e. The average molecular weight is 470 g/mol. The summed E-state index contributed by atoms with van der Waals surface area (Å²) < 4.78 is 1.50. The minimum absolute atomic E-state index is 0.318. The predicted molar refractivity (Wildman–Crippen MR) is 126 cm³/mol. The fraction of sp³-hybridized carbons (Fsp3) is 0.462. The summed E-state index contributed by atoms with van der Waals surface area (Å²) in [5, 5.41) is 0. The molecule has 0 nitrogen and oxygen atoms in total. The van der Waals surface area contributed by atoms with Gasteiger partial charge in [-0.25, -0.2) is 0 Å². The monoisotopic (exact) mass is 470 g/mol. The Morgan fingerprint density at radius 2 is 2.04 bits per heavy atom. The van der Waals surface area contributed by atoms with Crippen LogP contribution < -0.4 is 0 Å². The molecule has 0 N–H and O–H groups in total. The molecule has 0 spiro atoms. The van der Waals surface area contributed by atoms with Crippen molar-refractivity contribution in [2.75, 3.05) is 0 Å². The first-order valence-electron chi connectivity index (χ1n) is 10.4. The van der Waals surface area contributed by atoms with Gasteiger partial charge in [-0.1, -0.05) is 74.1 Å². The van der Waals surface area contributed by atoms with Gasteiger partial charge in [0.05, 0.1) is 0 Å². The number of rotatable bonds is 3. The van der Waals surface area contributed by atoms with Crippen molar-refractivity contribution >= 4 is 22.6 Å². The molecule has 4 rings (SSSR count). The van der Waals surface area contributed by atoms with Gasteiger partial charge in [0, 0.05) is 11.8 Å². The molecule has 0 aliphatic heterocycles. The molecule has 1 heteroatoms. The maximum absolute atomic E-state index is 4.06. The van der Waals surface area contributed by atoms with Crippen LogP contribution in [-0.4, -0.2) is 0 Å². The van der Waals surface area contributed by atoms with Crippen LogP contribution in [-0.2, 0) is 0 Å². The second-order valence-corrected chi connectivity index (χ2v) is 10.5. The van der Waals surface area contributed by atoms with Crippen molar-refractivity contribution in [3.63, 3.8) is 0 Å². The molecule has 4 unspecified atom stereocenters. The molecule has 142 valence electrons. The summed E-state index contributed by atoms with van der Waals surface area (Å²) in [6, 6.07) is 0. The highest BCUT2D eigenvalue weighted by molar-refractivity contribution is 14.1. The summed E-state index contributed by atoms with van der Waals surface area (Å²) >= 11 is 2.52. The Balaban J connectivity index is 1.66. The maximum atomic E-state index is 4.06. The molecule has 0 amide bonds. The van der Waals surface area contributed by atoms with Gasteiger partial charge in [0.1, 0.15) is 0 Å². The fourth-order valence-electron chi connectivity index (χ4n) is 5.73. The van der Waals surface area contributed by atoms with Crippen LogP contribution >= 0.6 is 22.6 Å². The van der Waals surface area contributed by atoms with E-state index >= 15 is 0 Å². The predicted octanol–water partition coefficient (Wildman–Crippen LogP) is 7.73. The van der Waals surface area contributed by atoms with Gasteiger partial charge in [-0.2, -0.15) is 0 Å². The molecule has 4 aliphatic rings. The first-order chi connectivity index (χ1) is 13.0. The maximum Gasteiger partial charge on any atom is 0.00548 e. The van der Waals surface area contributed by atoms with Gasteiger partial charge in [0.15, 0.2) is 0 Å². The van der Waals surface area contributed by atoms with Crippen molar-refractivity contribution in [1.29, 1.82) is 0 Å². The van der Waals surface area contributed by atoms with Crippen molar-refractivity contribution < 1.29 is 0 Å². The molecular weight excluding hydrogens is 439 g/mol. The van der Waals surface area contributed by atoms with E-state index in [2.05, 4.69) is 105 Å². The molecule has 0 aromatic carbocycles. The second kappa shape index (κ2) is 7.39. The highest BCUT2D eigenvalue weighted by atomic mass is 127. The Morgan fingerprint density at radius 3 is 2.78 bits per heavy atom. The highest BCUT2D eigenvalue weighted by Gasteiger charge is 2.51. The number of fused-ring (bicyclic) bond motifs is 3. The molecule has 1 fully saturated rings. The molecule has 0 heterocycles. The molecule has 0 aromatic heterocycles. The molecule has 4 aliphatic carbocycles. The van der Waals surface area contributed by atoms with E-state index in [0.29, 0.717) is 35.0 Å². The summed E-state index contributed by atoms with van der Waals surface area (Å²) in [6.45, 7) is 11.2.